The third kappa shape index (κ3) is 3.18. The summed E-state index contributed by atoms with van der Waals surface area (Å²) in [6.07, 6.45) is 0. The maximum absolute atomic E-state index is 11.9. The normalized spacial score (nSPS) is 10.8. The summed E-state index contributed by atoms with van der Waals surface area (Å²) in [6, 6.07) is 12.4. The van der Waals surface area contributed by atoms with Crippen molar-refractivity contribution < 1.29 is 9.53 Å². The Balaban J connectivity index is 1.71. The van der Waals surface area contributed by atoms with Crippen molar-refractivity contribution in [2.75, 3.05) is 0 Å². The Labute approximate surface area is 135 Å². The fourth-order valence-corrected chi connectivity index (χ4v) is 2.99. The highest BCUT2D eigenvalue weighted by molar-refractivity contribution is 7.18. The van der Waals surface area contributed by atoms with E-state index < -0.39 is 5.97 Å². The fraction of sp³-hybridized carbons (Fsp3) is 0.0667. The molecule has 0 aliphatic heterocycles. The monoisotopic (exact) mass is 337 g/mol. The van der Waals surface area contributed by atoms with Crippen molar-refractivity contribution in [2.24, 2.45) is 0 Å². The molecular weight excluding hydrogens is 329 g/mol. The second-order valence-corrected chi connectivity index (χ2v) is 6.21. The fourth-order valence-electron chi connectivity index (χ4n) is 1.82. The van der Waals surface area contributed by atoms with Gasteiger partial charge >= 0.3 is 5.97 Å². The molecule has 3 rings (SSSR count). The van der Waals surface area contributed by atoms with Gasteiger partial charge in [0.05, 0.1) is 25.8 Å². The molecule has 2 aromatic carbocycles. The number of halogens is 2. The van der Waals surface area contributed by atoms with Crippen molar-refractivity contribution in [1.29, 1.82) is 0 Å². The number of rotatable bonds is 3. The number of ether oxygens (including phenoxy) is 1. The lowest BCUT2D eigenvalue weighted by molar-refractivity contribution is 0.0472. The van der Waals surface area contributed by atoms with Gasteiger partial charge in [-0.15, -0.1) is 11.3 Å². The summed E-state index contributed by atoms with van der Waals surface area (Å²) in [6.45, 7) is 0.137. The van der Waals surface area contributed by atoms with Crippen molar-refractivity contribution in [3.63, 3.8) is 0 Å². The van der Waals surface area contributed by atoms with Gasteiger partial charge < -0.3 is 4.74 Å². The number of fused-ring (bicyclic) bond motifs is 1. The van der Waals surface area contributed by atoms with Crippen LogP contribution in [0, 0.1) is 0 Å². The lowest BCUT2D eigenvalue weighted by Gasteiger charge is -2.03. The second-order valence-electron chi connectivity index (χ2n) is 4.28. The van der Waals surface area contributed by atoms with Crippen molar-refractivity contribution in [1.82, 2.24) is 4.98 Å². The molecule has 0 saturated carbocycles. The highest BCUT2D eigenvalue weighted by atomic mass is 35.5. The van der Waals surface area contributed by atoms with Gasteiger partial charge in [-0.3, -0.25) is 0 Å². The molecule has 3 aromatic rings. The number of carbonyl (C=O) groups is 1. The first-order chi connectivity index (χ1) is 10.1. The predicted molar refractivity (Wildman–Crippen MR) is 85.2 cm³/mol. The van der Waals surface area contributed by atoms with E-state index in [-0.39, 0.29) is 6.61 Å². The molecule has 6 heteroatoms. The van der Waals surface area contributed by atoms with Crippen molar-refractivity contribution in [3.05, 3.63) is 63.1 Å². The number of benzene rings is 2. The predicted octanol–water partition coefficient (Wildman–Crippen LogP) is 4.96. The molecule has 0 aliphatic rings. The molecule has 0 fully saturated rings. The SMILES string of the molecule is O=C(OCc1nc2ccccc2s1)c1ccc(Cl)c(Cl)c1. The molecule has 0 atom stereocenters. The van der Waals surface area contributed by atoms with Crippen LogP contribution in [0.3, 0.4) is 0 Å². The lowest BCUT2D eigenvalue weighted by Crippen LogP contribution is -2.05. The number of carbonyl (C=O) groups excluding carboxylic acids is 1. The van der Waals surface area contributed by atoms with Gasteiger partial charge in [-0.1, -0.05) is 35.3 Å². The minimum absolute atomic E-state index is 0.137. The van der Waals surface area contributed by atoms with Crippen LogP contribution in [-0.2, 0) is 11.3 Å². The minimum Gasteiger partial charge on any atom is -0.455 e. The average Bonchev–Trinajstić information content (AvgIpc) is 2.90. The van der Waals surface area contributed by atoms with E-state index in [1.807, 2.05) is 24.3 Å². The van der Waals surface area contributed by atoms with E-state index in [0.717, 1.165) is 15.2 Å². The van der Waals surface area contributed by atoms with Crippen molar-refractivity contribution in [3.8, 4) is 0 Å². The van der Waals surface area contributed by atoms with Crippen LogP contribution >= 0.6 is 34.5 Å². The maximum Gasteiger partial charge on any atom is 0.338 e. The summed E-state index contributed by atoms with van der Waals surface area (Å²) >= 11 is 13.2. The molecule has 0 aliphatic carbocycles. The van der Waals surface area contributed by atoms with Gasteiger partial charge in [0.2, 0.25) is 0 Å². The van der Waals surface area contributed by atoms with Gasteiger partial charge in [-0.25, -0.2) is 9.78 Å². The van der Waals surface area contributed by atoms with Crippen LogP contribution in [-0.4, -0.2) is 11.0 Å². The Hall–Kier alpha value is -1.62. The summed E-state index contributed by atoms with van der Waals surface area (Å²) in [5.41, 5.74) is 1.27. The van der Waals surface area contributed by atoms with Crippen LogP contribution in [0.15, 0.2) is 42.5 Å². The zero-order valence-electron chi connectivity index (χ0n) is 10.7. The number of nitrogens with zero attached hydrogens (tertiary/aromatic N) is 1. The number of hydrogen-bond donors (Lipinski definition) is 0. The average molecular weight is 338 g/mol. The van der Waals surface area contributed by atoms with Gasteiger partial charge in [-0.05, 0) is 30.3 Å². The van der Waals surface area contributed by atoms with Crippen LogP contribution in [0.25, 0.3) is 10.2 Å². The topological polar surface area (TPSA) is 39.2 Å². The van der Waals surface area contributed by atoms with E-state index in [1.54, 1.807) is 12.1 Å². The quantitative estimate of drug-likeness (QED) is 0.634. The summed E-state index contributed by atoms with van der Waals surface area (Å²) < 4.78 is 6.31. The Morgan fingerprint density at radius 1 is 1.14 bits per heavy atom. The first kappa shape index (κ1) is 14.3. The van der Waals surface area contributed by atoms with E-state index >= 15 is 0 Å². The molecule has 0 unspecified atom stereocenters. The van der Waals surface area contributed by atoms with Gasteiger partial charge in [-0.2, -0.15) is 0 Å². The molecule has 0 bridgehead atoms. The Morgan fingerprint density at radius 2 is 1.95 bits per heavy atom. The molecule has 1 heterocycles. The van der Waals surface area contributed by atoms with Crippen LogP contribution in [0.4, 0.5) is 0 Å². The first-order valence-corrected chi connectivity index (χ1v) is 7.67. The summed E-state index contributed by atoms with van der Waals surface area (Å²) in [5, 5.41) is 1.48. The summed E-state index contributed by atoms with van der Waals surface area (Å²) in [4.78, 5) is 16.4. The standard InChI is InChI=1S/C15H9Cl2NO2S/c16-10-6-5-9(7-11(10)17)15(19)20-8-14-18-12-3-1-2-4-13(12)21-14/h1-7H,8H2. The molecule has 3 nitrogen and oxygen atoms in total. The van der Waals surface area contributed by atoms with Gasteiger partial charge in [0, 0.05) is 0 Å². The Bertz CT molecular complexity index is 783. The van der Waals surface area contributed by atoms with Crippen molar-refractivity contribution in [2.45, 2.75) is 6.61 Å². The van der Waals surface area contributed by atoms with Crippen LogP contribution in [0.1, 0.15) is 15.4 Å². The zero-order valence-corrected chi connectivity index (χ0v) is 13.0. The van der Waals surface area contributed by atoms with E-state index in [9.17, 15) is 4.79 Å². The number of thiazole rings is 1. The summed E-state index contributed by atoms with van der Waals surface area (Å²) in [7, 11) is 0. The Kier molecular flexibility index (Phi) is 4.10. The molecule has 0 radical (unpaired) electrons. The third-order valence-corrected chi connectivity index (χ3v) is 4.57. The van der Waals surface area contributed by atoms with Crippen LogP contribution in [0.5, 0.6) is 0 Å². The van der Waals surface area contributed by atoms with Crippen LogP contribution in [0.2, 0.25) is 10.0 Å². The molecule has 106 valence electrons. The number of esters is 1. The smallest absolute Gasteiger partial charge is 0.338 e. The number of para-hydroxylation sites is 1. The molecule has 21 heavy (non-hydrogen) atoms. The van der Waals surface area contributed by atoms with Crippen LogP contribution < -0.4 is 0 Å². The Morgan fingerprint density at radius 3 is 2.71 bits per heavy atom. The van der Waals surface area contributed by atoms with Crippen molar-refractivity contribution >= 4 is 50.7 Å². The zero-order chi connectivity index (χ0) is 14.8. The molecule has 1 aromatic heterocycles. The van der Waals surface area contributed by atoms with Gasteiger partial charge in [0.1, 0.15) is 11.6 Å². The highest BCUT2D eigenvalue weighted by Gasteiger charge is 2.11. The summed E-state index contributed by atoms with van der Waals surface area (Å²) in [5.74, 6) is -0.451. The second kappa shape index (κ2) is 6.02. The maximum atomic E-state index is 11.9. The lowest BCUT2D eigenvalue weighted by atomic mass is 10.2. The number of hydrogen-bond acceptors (Lipinski definition) is 4. The first-order valence-electron chi connectivity index (χ1n) is 6.10. The van der Waals surface area contributed by atoms with Gasteiger partial charge in [0.25, 0.3) is 0 Å². The molecule has 0 saturated heterocycles. The number of aromatic nitrogens is 1. The van der Waals surface area contributed by atoms with E-state index in [2.05, 4.69) is 4.98 Å². The largest absolute Gasteiger partial charge is 0.455 e. The highest BCUT2D eigenvalue weighted by Crippen LogP contribution is 2.24. The molecule has 0 N–H and O–H groups in total. The molecule has 0 spiro atoms. The molecular formula is C15H9Cl2NO2S. The van der Waals surface area contributed by atoms with E-state index in [4.69, 9.17) is 27.9 Å². The molecule has 0 amide bonds. The van der Waals surface area contributed by atoms with Gasteiger partial charge in [0.15, 0.2) is 0 Å². The third-order valence-electron chi connectivity index (χ3n) is 2.82. The van der Waals surface area contributed by atoms with E-state index in [0.29, 0.717) is 15.6 Å². The van der Waals surface area contributed by atoms with E-state index in [1.165, 1.54) is 17.4 Å². The minimum atomic E-state index is -0.451.